The number of aliphatic hydroxyl groups excluding tert-OH is 1. The molecular formula is C35H49N3O4. The molecule has 5 aliphatic carbocycles. The maximum Gasteiger partial charge on any atom is 0.311 e. The second kappa shape index (κ2) is 9.41. The first-order valence-electron chi connectivity index (χ1n) is 16.0. The van der Waals surface area contributed by atoms with Crippen molar-refractivity contribution in [2.75, 3.05) is 33.2 Å². The SMILES string of the molecule is CC1=C(O)C(=O)C=C2C1=CC=C1[C@@]2(C)CC[C@@]2(C)[C@@H]3C[C@](C)(NC(=O)C(=O)N4CCN(C)CC4)CC[C@]3(C)CC[C@]12C. The lowest BCUT2D eigenvalue weighted by molar-refractivity contribution is -0.159. The topological polar surface area (TPSA) is 89.9 Å². The highest BCUT2D eigenvalue weighted by molar-refractivity contribution is 6.35. The number of amides is 2. The van der Waals surface area contributed by atoms with Crippen LogP contribution >= 0.6 is 0 Å². The molecule has 7 nitrogen and oxygen atoms in total. The van der Waals surface area contributed by atoms with Crippen molar-refractivity contribution >= 4 is 17.6 Å². The van der Waals surface area contributed by atoms with Crippen LogP contribution in [0.2, 0.25) is 0 Å². The van der Waals surface area contributed by atoms with Gasteiger partial charge in [-0.15, -0.1) is 0 Å². The number of carbonyl (C=O) groups excluding carboxylic acids is 3. The highest BCUT2D eigenvalue weighted by atomic mass is 16.3. The van der Waals surface area contributed by atoms with Gasteiger partial charge in [-0.2, -0.15) is 0 Å². The van der Waals surface area contributed by atoms with Gasteiger partial charge in [-0.1, -0.05) is 45.4 Å². The molecule has 0 radical (unpaired) electrons. The minimum absolute atomic E-state index is 0.00316. The fourth-order valence-corrected chi connectivity index (χ4v) is 10.1. The number of carbonyl (C=O) groups is 3. The lowest BCUT2D eigenvalue weighted by atomic mass is 9.35. The Bertz CT molecular complexity index is 1380. The Balaban J connectivity index is 1.30. The summed E-state index contributed by atoms with van der Waals surface area (Å²) in [7, 11) is 2.04. The van der Waals surface area contributed by atoms with E-state index in [9.17, 15) is 19.5 Å². The van der Waals surface area contributed by atoms with Crippen molar-refractivity contribution in [1.29, 1.82) is 0 Å². The fourth-order valence-electron chi connectivity index (χ4n) is 10.1. The van der Waals surface area contributed by atoms with Crippen molar-refractivity contribution in [1.82, 2.24) is 15.1 Å². The molecule has 2 N–H and O–H groups in total. The molecule has 1 saturated heterocycles. The van der Waals surface area contributed by atoms with E-state index < -0.39 is 17.4 Å². The Morgan fingerprint density at radius 2 is 1.60 bits per heavy atom. The summed E-state index contributed by atoms with van der Waals surface area (Å²) in [6.07, 6.45) is 13.1. The molecular weight excluding hydrogens is 526 g/mol. The van der Waals surface area contributed by atoms with Gasteiger partial charge in [0.15, 0.2) is 5.76 Å². The Morgan fingerprint density at radius 1 is 0.929 bits per heavy atom. The largest absolute Gasteiger partial charge is 0.504 e. The van der Waals surface area contributed by atoms with Gasteiger partial charge in [-0.25, -0.2) is 0 Å². The summed E-state index contributed by atoms with van der Waals surface area (Å²) in [6, 6.07) is 0. The molecule has 7 heteroatoms. The van der Waals surface area contributed by atoms with Gasteiger partial charge >= 0.3 is 11.8 Å². The molecule has 0 unspecified atom stereocenters. The van der Waals surface area contributed by atoms with Gasteiger partial charge in [0.1, 0.15) is 0 Å². The van der Waals surface area contributed by atoms with Crippen molar-refractivity contribution in [3.63, 3.8) is 0 Å². The van der Waals surface area contributed by atoms with Crippen LogP contribution in [0.3, 0.4) is 0 Å². The van der Waals surface area contributed by atoms with E-state index in [-0.39, 0.29) is 33.2 Å². The van der Waals surface area contributed by atoms with Crippen LogP contribution in [-0.4, -0.2) is 71.3 Å². The zero-order valence-electron chi connectivity index (χ0n) is 26.7. The molecule has 0 bridgehead atoms. The molecule has 0 aromatic carbocycles. The van der Waals surface area contributed by atoms with Crippen LogP contribution in [0.4, 0.5) is 0 Å². The first-order valence-corrected chi connectivity index (χ1v) is 16.0. The number of hydrogen-bond acceptors (Lipinski definition) is 5. The number of piperazine rings is 1. The van der Waals surface area contributed by atoms with E-state index in [1.807, 2.05) is 14.0 Å². The van der Waals surface area contributed by atoms with E-state index in [1.165, 1.54) is 5.57 Å². The highest BCUT2D eigenvalue weighted by Crippen LogP contribution is 2.75. The number of ketones is 1. The number of nitrogens with one attached hydrogen (secondary N) is 1. The van der Waals surface area contributed by atoms with Crippen LogP contribution < -0.4 is 5.32 Å². The summed E-state index contributed by atoms with van der Waals surface area (Å²) in [5.74, 6) is -0.905. The van der Waals surface area contributed by atoms with Gasteiger partial charge in [0.05, 0.1) is 0 Å². The fraction of sp³-hybridized carbons (Fsp3) is 0.686. The molecule has 6 rings (SSSR count). The quantitative estimate of drug-likeness (QED) is 0.417. The number of rotatable bonds is 1. The summed E-state index contributed by atoms with van der Waals surface area (Å²) in [5, 5.41) is 13.7. The number of nitrogens with zero attached hydrogens (tertiary/aromatic N) is 2. The molecule has 4 fully saturated rings. The van der Waals surface area contributed by atoms with E-state index in [0.717, 1.165) is 69.2 Å². The molecule has 0 aromatic rings. The molecule has 1 heterocycles. The maximum absolute atomic E-state index is 13.3. The summed E-state index contributed by atoms with van der Waals surface area (Å²) >= 11 is 0. The van der Waals surface area contributed by atoms with E-state index >= 15 is 0 Å². The average molecular weight is 576 g/mol. The third-order valence-electron chi connectivity index (χ3n) is 13.3. The summed E-state index contributed by atoms with van der Waals surface area (Å²) < 4.78 is 0. The van der Waals surface area contributed by atoms with Gasteiger partial charge in [-0.3, -0.25) is 14.4 Å². The smallest absolute Gasteiger partial charge is 0.311 e. The second-order valence-corrected chi connectivity index (χ2v) is 15.7. The Hall–Kier alpha value is -2.67. The van der Waals surface area contributed by atoms with Crippen molar-refractivity contribution < 1.29 is 19.5 Å². The van der Waals surface area contributed by atoms with Gasteiger partial charge in [0.2, 0.25) is 5.78 Å². The Kier molecular flexibility index (Phi) is 6.59. The van der Waals surface area contributed by atoms with Gasteiger partial charge in [0.25, 0.3) is 0 Å². The second-order valence-electron chi connectivity index (χ2n) is 15.7. The molecule has 2 amide bonds. The summed E-state index contributed by atoms with van der Waals surface area (Å²) in [6.45, 7) is 16.5. The van der Waals surface area contributed by atoms with Crippen LogP contribution in [0.15, 0.2) is 46.3 Å². The number of aliphatic hydroxyl groups is 1. The normalized spacial score (nSPS) is 41.9. The van der Waals surface area contributed by atoms with Crippen molar-refractivity contribution in [3.05, 3.63) is 46.3 Å². The zero-order valence-corrected chi connectivity index (χ0v) is 26.7. The van der Waals surface area contributed by atoms with Gasteiger partial charge < -0.3 is 20.2 Å². The number of fused-ring (bicyclic) bond motifs is 7. The lowest BCUT2D eigenvalue weighted by Crippen LogP contribution is -2.65. The van der Waals surface area contributed by atoms with Crippen LogP contribution in [0, 0.1) is 27.6 Å². The maximum atomic E-state index is 13.3. The average Bonchev–Trinajstić information content (AvgIpc) is 2.94. The van der Waals surface area contributed by atoms with Crippen molar-refractivity contribution in [2.24, 2.45) is 27.6 Å². The minimum atomic E-state index is -0.459. The van der Waals surface area contributed by atoms with E-state index in [4.69, 9.17) is 0 Å². The van der Waals surface area contributed by atoms with Gasteiger partial charge in [0, 0.05) is 42.7 Å². The zero-order chi connectivity index (χ0) is 30.5. The van der Waals surface area contributed by atoms with Crippen LogP contribution in [0.1, 0.15) is 86.5 Å². The molecule has 228 valence electrons. The lowest BCUT2D eigenvalue weighted by Gasteiger charge is -2.70. The Labute approximate surface area is 251 Å². The van der Waals surface area contributed by atoms with E-state index in [0.29, 0.717) is 24.6 Å². The number of allylic oxidation sites excluding steroid dienone is 7. The first kappa shape index (κ1) is 29.4. The Morgan fingerprint density at radius 3 is 2.29 bits per heavy atom. The predicted octanol–water partition coefficient (Wildman–Crippen LogP) is 5.26. The summed E-state index contributed by atoms with van der Waals surface area (Å²) in [4.78, 5) is 43.1. The molecule has 0 aromatic heterocycles. The van der Waals surface area contributed by atoms with E-state index in [1.54, 1.807) is 11.0 Å². The molecule has 0 spiro atoms. The number of likely N-dealkylation sites (N-methyl/N-ethyl adjacent to an activating group) is 1. The molecule has 3 saturated carbocycles. The standard InChI is InChI=1S/C35H49N3O4/c1-22-23-8-9-26-33(4,24(23)20-25(39)28(22)40)13-15-35(6)27-21-32(3,12-10-31(27,2)11-14-34(26,35)5)36-29(41)30(42)38-18-16-37(7)17-19-38/h8-9,20,27,40H,10-19,21H2,1-7H3,(H,36,41)/t27-,31-,32-,33+,34-,35+/m1/s1. The molecule has 1 aliphatic heterocycles. The third kappa shape index (κ3) is 4.05. The summed E-state index contributed by atoms with van der Waals surface area (Å²) in [5.41, 5.74) is 3.53. The first-order chi connectivity index (χ1) is 19.6. The molecule has 6 atom stereocenters. The number of hydrogen-bond donors (Lipinski definition) is 2. The third-order valence-corrected chi connectivity index (χ3v) is 13.3. The molecule has 6 aliphatic rings. The molecule has 42 heavy (non-hydrogen) atoms. The van der Waals surface area contributed by atoms with Gasteiger partial charge in [-0.05, 0) is 105 Å². The van der Waals surface area contributed by atoms with Crippen LogP contribution in [-0.2, 0) is 14.4 Å². The minimum Gasteiger partial charge on any atom is -0.504 e. The highest BCUT2D eigenvalue weighted by Gasteiger charge is 2.66. The van der Waals surface area contributed by atoms with E-state index in [2.05, 4.69) is 57.0 Å². The monoisotopic (exact) mass is 575 g/mol. The van der Waals surface area contributed by atoms with Crippen molar-refractivity contribution in [2.45, 2.75) is 92.0 Å². The predicted molar refractivity (Wildman–Crippen MR) is 163 cm³/mol. The van der Waals surface area contributed by atoms with Crippen LogP contribution in [0.5, 0.6) is 0 Å². The van der Waals surface area contributed by atoms with Crippen molar-refractivity contribution in [3.8, 4) is 0 Å². The van der Waals surface area contributed by atoms with Crippen LogP contribution in [0.25, 0.3) is 0 Å².